The molecule has 0 rings (SSSR count). The summed E-state index contributed by atoms with van der Waals surface area (Å²) in [6, 6.07) is 0. The van der Waals surface area contributed by atoms with E-state index in [-0.39, 0.29) is 23.2 Å². The molecule has 0 aliphatic heterocycles. The minimum atomic E-state index is -2.90. The molecule has 3 nitrogen and oxygen atoms in total. The molecule has 0 heterocycles. The van der Waals surface area contributed by atoms with Gasteiger partial charge in [0.2, 0.25) is 0 Å². The molecule has 0 amide bonds. The zero-order valence-corrected chi connectivity index (χ0v) is 10.8. The van der Waals surface area contributed by atoms with E-state index in [0.29, 0.717) is 19.3 Å². The predicted molar refractivity (Wildman–Crippen MR) is 62.6 cm³/mol. The molecule has 15 heavy (non-hydrogen) atoms. The largest absolute Gasteiger partial charge is 0.300 e. The Morgan fingerprint density at radius 2 is 1.87 bits per heavy atom. The summed E-state index contributed by atoms with van der Waals surface area (Å²) in [5.41, 5.74) is 0. The summed E-state index contributed by atoms with van der Waals surface area (Å²) >= 11 is 0. The second kappa shape index (κ2) is 6.99. The highest BCUT2D eigenvalue weighted by Crippen LogP contribution is 2.08. The minimum absolute atomic E-state index is 0.134. The van der Waals surface area contributed by atoms with Crippen molar-refractivity contribution in [3.63, 3.8) is 0 Å². The predicted octanol–water partition coefficient (Wildman–Crippen LogP) is 2.21. The van der Waals surface area contributed by atoms with Crippen LogP contribution in [0.25, 0.3) is 0 Å². The fourth-order valence-corrected chi connectivity index (χ4v) is 3.24. The van der Waals surface area contributed by atoms with Crippen LogP contribution in [-0.4, -0.2) is 25.7 Å². The third kappa shape index (κ3) is 8.60. The Hall–Kier alpha value is -0.380. The van der Waals surface area contributed by atoms with Gasteiger partial charge < -0.3 is 4.79 Å². The molecule has 0 spiro atoms. The summed E-state index contributed by atoms with van der Waals surface area (Å²) in [5.74, 6) is 0.880. The van der Waals surface area contributed by atoms with E-state index in [2.05, 4.69) is 0 Å². The zero-order chi connectivity index (χ0) is 11.9. The summed E-state index contributed by atoms with van der Waals surface area (Å²) in [7, 11) is -2.90. The van der Waals surface area contributed by atoms with Crippen LogP contribution in [0.1, 0.15) is 46.5 Å². The highest BCUT2D eigenvalue weighted by atomic mass is 32.2. The van der Waals surface area contributed by atoms with E-state index >= 15 is 0 Å². The molecule has 0 aromatic rings. The van der Waals surface area contributed by atoms with Gasteiger partial charge in [0.25, 0.3) is 0 Å². The Balaban J connectivity index is 3.80. The third-order valence-corrected chi connectivity index (χ3v) is 4.46. The molecule has 1 unspecified atom stereocenters. The van der Waals surface area contributed by atoms with Crippen LogP contribution >= 0.6 is 0 Å². The Kier molecular flexibility index (Phi) is 6.81. The van der Waals surface area contributed by atoms with Gasteiger partial charge in [0.05, 0.1) is 11.5 Å². The van der Waals surface area contributed by atoms with Crippen LogP contribution in [0.4, 0.5) is 0 Å². The lowest BCUT2D eigenvalue weighted by Gasteiger charge is -2.08. The topological polar surface area (TPSA) is 51.2 Å². The average Bonchev–Trinajstić information content (AvgIpc) is 2.11. The zero-order valence-electron chi connectivity index (χ0n) is 9.95. The maximum atomic E-state index is 11.6. The number of sulfone groups is 1. The smallest absolute Gasteiger partial charge is 0.150 e. The van der Waals surface area contributed by atoms with Crippen molar-refractivity contribution in [2.45, 2.75) is 46.5 Å². The standard InChI is InChI=1S/C11H22O3S/c1-4-10(2)9-15(13,14)8-6-5-7-11(3)12/h10H,4-9H2,1-3H3. The van der Waals surface area contributed by atoms with Crippen molar-refractivity contribution in [1.29, 1.82) is 0 Å². The molecule has 0 radical (unpaired) electrons. The fraction of sp³-hybridized carbons (Fsp3) is 0.909. The van der Waals surface area contributed by atoms with Gasteiger partial charge in [-0.1, -0.05) is 20.3 Å². The molecule has 0 aliphatic rings. The van der Waals surface area contributed by atoms with E-state index in [1.165, 1.54) is 6.92 Å². The first-order chi connectivity index (χ1) is 6.87. The van der Waals surface area contributed by atoms with Crippen LogP contribution in [0.2, 0.25) is 0 Å². The quantitative estimate of drug-likeness (QED) is 0.605. The molecule has 0 fully saturated rings. The molecule has 90 valence electrons. The van der Waals surface area contributed by atoms with Gasteiger partial charge >= 0.3 is 0 Å². The summed E-state index contributed by atoms with van der Waals surface area (Å²) in [6.45, 7) is 5.48. The molecule has 4 heteroatoms. The van der Waals surface area contributed by atoms with E-state index in [1.54, 1.807) is 0 Å². The molecule has 0 aromatic carbocycles. The lowest BCUT2D eigenvalue weighted by Crippen LogP contribution is -2.16. The Morgan fingerprint density at radius 1 is 1.27 bits per heavy atom. The Labute approximate surface area is 93.2 Å². The molecule has 0 bridgehead atoms. The average molecular weight is 234 g/mol. The van der Waals surface area contributed by atoms with Crippen molar-refractivity contribution >= 4 is 15.6 Å². The van der Waals surface area contributed by atoms with Gasteiger partial charge in [0, 0.05) is 6.42 Å². The Bertz CT molecular complexity index is 280. The summed E-state index contributed by atoms with van der Waals surface area (Å²) in [6.07, 6.45) is 2.69. The monoisotopic (exact) mass is 234 g/mol. The van der Waals surface area contributed by atoms with E-state index in [0.717, 1.165) is 6.42 Å². The second-order valence-corrected chi connectivity index (χ2v) is 6.52. The first-order valence-electron chi connectivity index (χ1n) is 5.57. The van der Waals surface area contributed by atoms with Crippen molar-refractivity contribution in [1.82, 2.24) is 0 Å². The molecular weight excluding hydrogens is 212 g/mol. The molecule has 0 aromatic heterocycles. The molecule has 0 saturated carbocycles. The summed E-state index contributed by atoms with van der Waals surface area (Å²) in [5, 5.41) is 0. The normalized spacial score (nSPS) is 13.8. The van der Waals surface area contributed by atoms with E-state index in [1.807, 2.05) is 13.8 Å². The number of rotatable bonds is 8. The highest BCUT2D eigenvalue weighted by molar-refractivity contribution is 7.91. The number of carbonyl (C=O) groups excluding carboxylic acids is 1. The number of hydrogen-bond acceptors (Lipinski definition) is 3. The number of Topliss-reactive ketones (excluding diaryl/α,β-unsaturated/α-hetero) is 1. The second-order valence-electron chi connectivity index (χ2n) is 4.29. The van der Waals surface area contributed by atoms with Crippen LogP contribution < -0.4 is 0 Å². The van der Waals surface area contributed by atoms with Gasteiger partial charge in [-0.05, 0) is 25.7 Å². The van der Waals surface area contributed by atoms with Crippen LogP contribution in [0, 0.1) is 5.92 Å². The first-order valence-corrected chi connectivity index (χ1v) is 7.39. The number of carbonyl (C=O) groups is 1. The van der Waals surface area contributed by atoms with Crippen LogP contribution in [0.3, 0.4) is 0 Å². The van der Waals surface area contributed by atoms with Crippen molar-refractivity contribution < 1.29 is 13.2 Å². The van der Waals surface area contributed by atoms with Gasteiger partial charge in [0.1, 0.15) is 5.78 Å². The van der Waals surface area contributed by atoms with Crippen molar-refractivity contribution in [3.8, 4) is 0 Å². The summed E-state index contributed by atoms with van der Waals surface area (Å²) in [4.78, 5) is 10.6. The number of unbranched alkanes of at least 4 members (excludes halogenated alkanes) is 1. The number of hydrogen-bond donors (Lipinski definition) is 0. The fourth-order valence-electron chi connectivity index (χ4n) is 1.33. The van der Waals surface area contributed by atoms with Crippen molar-refractivity contribution in [2.24, 2.45) is 5.92 Å². The molecule has 0 N–H and O–H groups in total. The number of ketones is 1. The lowest BCUT2D eigenvalue weighted by molar-refractivity contribution is -0.117. The molecule has 1 atom stereocenters. The van der Waals surface area contributed by atoms with E-state index < -0.39 is 9.84 Å². The molecular formula is C11H22O3S. The van der Waals surface area contributed by atoms with Crippen LogP contribution in [0.5, 0.6) is 0 Å². The van der Waals surface area contributed by atoms with Crippen LogP contribution in [-0.2, 0) is 14.6 Å². The van der Waals surface area contributed by atoms with E-state index in [4.69, 9.17) is 0 Å². The highest BCUT2D eigenvalue weighted by Gasteiger charge is 2.14. The van der Waals surface area contributed by atoms with Gasteiger partial charge in [0.15, 0.2) is 9.84 Å². The molecule has 0 saturated heterocycles. The molecule has 0 aliphatic carbocycles. The summed E-state index contributed by atoms with van der Waals surface area (Å²) < 4.78 is 23.1. The van der Waals surface area contributed by atoms with Gasteiger partial charge in [-0.3, -0.25) is 0 Å². The van der Waals surface area contributed by atoms with Crippen LogP contribution in [0.15, 0.2) is 0 Å². The van der Waals surface area contributed by atoms with Gasteiger partial charge in [-0.15, -0.1) is 0 Å². The lowest BCUT2D eigenvalue weighted by atomic mass is 10.2. The van der Waals surface area contributed by atoms with Gasteiger partial charge in [-0.2, -0.15) is 0 Å². The Morgan fingerprint density at radius 3 is 2.33 bits per heavy atom. The SMILES string of the molecule is CCC(C)CS(=O)(=O)CCCCC(C)=O. The van der Waals surface area contributed by atoms with E-state index in [9.17, 15) is 13.2 Å². The van der Waals surface area contributed by atoms with Crippen molar-refractivity contribution in [3.05, 3.63) is 0 Å². The maximum absolute atomic E-state index is 11.6. The van der Waals surface area contributed by atoms with Crippen molar-refractivity contribution in [2.75, 3.05) is 11.5 Å². The first kappa shape index (κ1) is 14.6. The maximum Gasteiger partial charge on any atom is 0.150 e. The minimum Gasteiger partial charge on any atom is -0.300 e. The third-order valence-electron chi connectivity index (χ3n) is 2.47. The van der Waals surface area contributed by atoms with Gasteiger partial charge in [-0.25, -0.2) is 8.42 Å².